The first-order valence-electron chi connectivity index (χ1n) is 3.72. The molecule has 3 N–H and O–H groups in total. The molecule has 0 saturated carbocycles. The lowest BCUT2D eigenvalue weighted by Gasteiger charge is -2.04. The predicted molar refractivity (Wildman–Crippen MR) is 48.3 cm³/mol. The van der Waals surface area contributed by atoms with Gasteiger partial charge < -0.3 is 10.8 Å². The maximum atomic E-state index is 10.4. The number of hydrogen-bond acceptors (Lipinski definition) is 3. The first kappa shape index (κ1) is 9.41. The van der Waals surface area contributed by atoms with Crippen LogP contribution in [0.15, 0.2) is 31.0 Å². The van der Waals surface area contributed by atoms with Gasteiger partial charge >= 0.3 is 5.97 Å². The van der Waals surface area contributed by atoms with Gasteiger partial charge in [-0.15, -0.1) is 6.58 Å². The number of aromatic nitrogens is 1. The van der Waals surface area contributed by atoms with Gasteiger partial charge in [0.15, 0.2) is 0 Å². The normalized spacial score (nSPS) is 12.1. The van der Waals surface area contributed by atoms with Crippen molar-refractivity contribution in [2.24, 2.45) is 5.73 Å². The zero-order valence-corrected chi connectivity index (χ0v) is 6.97. The number of carbonyl (C=O) groups is 1. The molecule has 0 unspecified atom stereocenters. The molecule has 0 radical (unpaired) electrons. The van der Waals surface area contributed by atoms with Crippen LogP contribution in [0.2, 0.25) is 0 Å². The summed E-state index contributed by atoms with van der Waals surface area (Å²) in [6.07, 6.45) is 3.01. The molecule has 1 aromatic rings. The minimum absolute atomic E-state index is 0.0139. The van der Waals surface area contributed by atoms with Gasteiger partial charge in [-0.2, -0.15) is 0 Å². The van der Waals surface area contributed by atoms with Crippen LogP contribution in [0, 0.1) is 0 Å². The molecule has 0 spiro atoms. The molecule has 0 bridgehead atoms. The van der Waals surface area contributed by atoms with Crippen LogP contribution in [0.3, 0.4) is 0 Å². The molecule has 13 heavy (non-hydrogen) atoms. The van der Waals surface area contributed by atoms with Crippen molar-refractivity contribution < 1.29 is 9.90 Å². The SMILES string of the molecule is C=C[C@@H](N)c1ccc(C(=O)O)nc1. The fraction of sp³-hybridized carbons (Fsp3) is 0.111. The number of hydrogen-bond donors (Lipinski definition) is 2. The Morgan fingerprint density at radius 2 is 2.38 bits per heavy atom. The lowest BCUT2D eigenvalue weighted by Crippen LogP contribution is -2.08. The third-order valence-corrected chi connectivity index (χ3v) is 1.64. The molecule has 0 aliphatic carbocycles. The van der Waals surface area contributed by atoms with Gasteiger partial charge in [-0.25, -0.2) is 9.78 Å². The fourth-order valence-electron chi connectivity index (χ4n) is 0.865. The summed E-state index contributed by atoms with van der Waals surface area (Å²) < 4.78 is 0. The highest BCUT2D eigenvalue weighted by atomic mass is 16.4. The molecule has 68 valence electrons. The molecular weight excluding hydrogens is 168 g/mol. The van der Waals surface area contributed by atoms with Crippen molar-refractivity contribution >= 4 is 5.97 Å². The topological polar surface area (TPSA) is 76.2 Å². The number of carboxylic acid groups (broad SMARTS) is 1. The van der Waals surface area contributed by atoms with Crippen molar-refractivity contribution in [1.29, 1.82) is 0 Å². The summed E-state index contributed by atoms with van der Waals surface area (Å²) in [6.45, 7) is 3.53. The zero-order chi connectivity index (χ0) is 9.84. The van der Waals surface area contributed by atoms with Crippen molar-refractivity contribution in [3.63, 3.8) is 0 Å². The Morgan fingerprint density at radius 3 is 2.77 bits per heavy atom. The van der Waals surface area contributed by atoms with Crippen LogP contribution in [-0.2, 0) is 0 Å². The third-order valence-electron chi connectivity index (χ3n) is 1.64. The van der Waals surface area contributed by atoms with Crippen molar-refractivity contribution in [3.8, 4) is 0 Å². The van der Waals surface area contributed by atoms with E-state index in [1.807, 2.05) is 0 Å². The van der Waals surface area contributed by atoms with Crippen LogP contribution in [0.1, 0.15) is 22.1 Å². The van der Waals surface area contributed by atoms with E-state index in [1.54, 1.807) is 12.1 Å². The predicted octanol–water partition coefficient (Wildman–Crippen LogP) is 0.966. The minimum Gasteiger partial charge on any atom is -0.477 e. The molecule has 0 amide bonds. The summed E-state index contributed by atoms with van der Waals surface area (Å²) in [7, 11) is 0. The Hall–Kier alpha value is -1.68. The average Bonchev–Trinajstić information content (AvgIpc) is 2.17. The monoisotopic (exact) mass is 178 g/mol. The van der Waals surface area contributed by atoms with Gasteiger partial charge in [0.05, 0.1) is 0 Å². The molecule has 1 aromatic heterocycles. The van der Waals surface area contributed by atoms with Crippen molar-refractivity contribution in [2.75, 3.05) is 0 Å². The second-order valence-electron chi connectivity index (χ2n) is 2.54. The lowest BCUT2D eigenvalue weighted by molar-refractivity contribution is 0.0690. The second-order valence-corrected chi connectivity index (χ2v) is 2.54. The van der Waals surface area contributed by atoms with E-state index in [-0.39, 0.29) is 11.7 Å². The summed E-state index contributed by atoms with van der Waals surface area (Å²) in [4.78, 5) is 14.2. The van der Waals surface area contributed by atoms with E-state index in [9.17, 15) is 4.79 Å². The van der Waals surface area contributed by atoms with E-state index in [2.05, 4.69) is 11.6 Å². The number of pyridine rings is 1. The first-order chi connectivity index (χ1) is 6.15. The van der Waals surface area contributed by atoms with Crippen LogP contribution in [0.5, 0.6) is 0 Å². The third kappa shape index (κ3) is 2.13. The smallest absolute Gasteiger partial charge is 0.354 e. The number of nitrogens with zero attached hydrogens (tertiary/aromatic N) is 1. The minimum atomic E-state index is -1.04. The van der Waals surface area contributed by atoms with E-state index in [0.717, 1.165) is 5.56 Å². The largest absolute Gasteiger partial charge is 0.477 e. The number of rotatable bonds is 3. The van der Waals surface area contributed by atoms with E-state index < -0.39 is 5.97 Å². The Morgan fingerprint density at radius 1 is 1.69 bits per heavy atom. The number of carboxylic acids is 1. The van der Waals surface area contributed by atoms with Crippen LogP contribution in [-0.4, -0.2) is 16.1 Å². The maximum Gasteiger partial charge on any atom is 0.354 e. The van der Waals surface area contributed by atoms with Crippen LogP contribution >= 0.6 is 0 Å². The molecule has 1 heterocycles. The highest BCUT2D eigenvalue weighted by Crippen LogP contribution is 2.09. The van der Waals surface area contributed by atoms with E-state index in [0.29, 0.717) is 0 Å². The van der Waals surface area contributed by atoms with Crippen LogP contribution < -0.4 is 5.73 Å². The molecule has 1 rings (SSSR count). The Labute approximate surface area is 75.7 Å². The highest BCUT2D eigenvalue weighted by molar-refractivity contribution is 5.85. The lowest BCUT2D eigenvalue weighted by atomic mass is 10.1. The van der Waals surface area contributed by atoms with Gasteiger partial charge in [-0.3, -0.25) is 0 Å². The van der Waals surface area contributed by atoms with Crippen molar-refractivity contribution in [2.45, 2.75) is 6.04 Å². The van der Waals surface area contributed by atoms with Gasteiger partial charge in [0.2, 0.25) is 0 Å². The fourth-order valence-corrected chi connectivity index (χ4v) is 0.865. The summed E-state index contributed by atoms with van der Waals surface area (Å²) in [5, 5.41) is 8.56. The van der Waals surface area contributed by atoms with Crippen molar-refractivity contribution in [1.82, 2.24) is 4.98 Å². The van der Waals surface area contributed by atoms with Gasteiger partial charge in [-0.05, 0) is 11.6 Å². The standard InChI is InChI=1S/C9H10N2O2/c1-2-7(10)6-3-4-8(9(12)13)11-5-6/h2-5,7H,1,10H2,(H,12,13)/t7-/m1/s1. The number of aromatic carboxylic acids is 1. The summed E-state index contributed by atoms with van der Waals surface area (Å²) in [6, 6.07) is 2.75. The molecule has 0 fully saturated rings. The van der Waals surface area contributed by atoms with Crippen molar-refractivity contribution in [3.05, 3.63) is 42.2 Å². The van der Waals surface area contributed by atoms with E-state index >= 15 is 0 Å². The summed E-state index contributed by atoms with van der Waals surface area (Å²) in [5.41, 5.74) is 6.38. The number of nitrogens with two attached hydrogens (primary N) is 1. The van der Waals surface area contributed by atoms with Gasteiger partial charge in [0, 0.05) is 12.2 Å². The molecular formula is C9H10N2O2. The molecule has 4 nitrogen and oxygen atoms in total. The molecule has 1 atom stereocenters. The average molecular weight is 178 g/mol. The van der Waals surface area contributed by atoms with Gasteiger partial charge in [0.1, 0.15) is 5.69 Å². The van der Waals surface area contributed by atoms with Gasteiger partial charge in [0.25, 0.3) is 0 Å². The quantitative estimate of drug-likeness (QED) is 0.676. The second kappa shape index (κ2) is 3.82. The van der Waals surface area contributed by atoms with Gasteiger partial charge in [-0.1, -0.05) is 12.1 Å². The Balaban J connectivity index is 2.93. The first-order valence-corrected chi connectivity index (χ1v) is 3.72. The molecule has 0 aliphatic rings. The maximum absolute atomic E-state index is 10.4. The summed E-state index contributed by atoms with van der Waals surface area (Å²) in [5.74, 6) is -1.04. The summed E-state index contributed by atoms with van der Waals surface area (Å²) >= 11 is 0. The Bertz CT molecular complexity index is 319. The van der Waals surface area contributed by atoms with E-state index in [1.165, 1.54) is 12.3 Å². The van der Waals surface area contributed by atoms with Crippen LogP contribution in [0.25, 0.3) is 0 Å². The molecule has 0 aliphatic heterocycles. The highest BCUT2D eigenvalue weighted by Gasteiger charge is 2.05. The zero-order valence-electron chi connectivity index (χ0n) is 6.97. The van der Waals surface area contributed by atoms with Crippen LogP contribution in [0.4, 0.5) is 0 Å². The van der Waals surface area contributed by atoms with E-state index in [4.69, 9.17) is 10.8 Å². The molecule has 0 saturated heterocycles. The Kier molecular flexibility index (Phi) is 2.76. The molecule has 0 aromatic carbocycles. The molecule has 4 heteroatoms.